The fourth-order valence-corrected chi connectivity index (χ4v) is 5.62. The summed E-state index contributed by atoms with van der Waals surface area (Å²) in [5.74, 6) is -0.532. The van der Waals surface area contributed by atoms with Gasteiger partial charge in [0, 0.05) is 29.4 Å². The highest BCUT2D eigenvalue weighted by Crippen LogP contribution is 2.38. The van der Waals surface area contributed by atoms with Crippen LogP contribution in [0.5, 0.6) is 0 Å². The Morgan fingerprint density at radius 2 is 2.16 bits per heavy atom. The number of hydrogen-bond acceptors (Lipinski definition) is 7. The molecule has 1 aliphatic rings. The number of thiophene rings is 1. The molecule has 3 heterocycles. The van der Waals surface area contributed by atoms with Crippen molar-refractivity contribution in [1.82, 2.24) is 19.7 Å². The number of thioether (sulfide) groups is 1. The third-order valence-electron chi connectivity index (χ3n) is 4.92. The molecule has 1 amide bonds. The van der Waals surface area contributed by atoms with E-state index in [2.05, 4.69) is 27.1 Å². The zero-order valence-corrected chi connectivity index (χ0v) is 18.3. The second-order valence-corrected chi connectivity index (χ2v) is 9.05. The number of fused-ring (bicyclic) bond motifs is 1. The van der Waals surface area contributed by atoms with Crippen molar-refractivity contribution in [2.45, 2.75) is 37.4 Å². The molecule has 0 saturated heterocycles. The molecule has 0 radical (unpaired) electrons. The third kappa shape index (κ3) is 4.54. The van der Waals surface area contributed by atoms with E-state index in [1.807, 2.05) is 16.7 Å². The highest BCUT2D eigenvalue weighted by molar-refractivity contribution is 7.99. The molecule has 0 aliphatic heterocycles. The van der Waals surface area contributed by atoms with Crippen molar-refractivity contribution < 1.29 is 14.7 Å². The second-order valence-electron chi connectivity index (χ2n) is 7.00. The number of anilines is 1. The van der Waals surface area contributed by atoms with Crippen molar-refractivity contribution in [3.63, 3.8) is 0 Å². The minimum absolute atomic E-state index is 0.0872. The van der Waals surface area contributed by atoms with Crippen LogP contribution in [-0.4, -0.2) is 42.5 Å². The van der Waals surface area contributed by atoms with Gasteiger partial charge in [-0.25, -0.2) is 4.79 Å². The quantitative estimate of drug-likeness (QED) is 0.392. The standard InChI is InChI=1S/C21H21N5O3S2/c1-2-10-26-18(13-6-5-9-22-11-13)24-25-21(26)30-12-16(27)23-19-17(20(28)29)14-7-3-4-8-15(14)31-19/h2,5-6,9,11H,1,3-4,7-8,10,12H2,(H,23,27)(H,28,29). The Labute approximate surface area is 187 Å². The predicted molar refractivity (Wildman–Crippen MR) is 121 cm³/mol. The topological polar surface area (TPSA) is 110 Å². The molecule has 10 heteroatoms. The van der Waals surface area contributed by atoms with Crippen LogP contribution in [-0.2, 0) is 24.2 Å². The zero-order chi connectivity index (χ0) is 21.8. The first-order valence-corrected chi connectivity index (χ1v) is 11.6. The Kier molecular flexibility index (Phi) is 6.47. The van der Waals surface area contributed by atoms with E-state index in [1.165, 1.54) is 23.1 Å². The fraction of sp³-hybridized carbons (Fsp3) is 0.286. The van der Waals surface area contributed by atoms with Crippen molar-refractivity contribution in [2.24, 2.45) is 0 Å². The summed E-state index contributed by atoms with van der Waals surface area (Å²) in [6.07, 6.45) is 8.77. The van der Waals surface area contributed by atoms with E-state index in [4.69, 9.17) is 0 Å². The Morgan fingerprint density at radius 3 is 2.90 bits per heavy atom. The summed E-state index contributed by atoms with van der Waals surface area (Å²) in [6, 6.07) is 3.72. The Morgan fingerprint density at radius 1 is 1.32 bits per heavy atom. The van der Waals surface area contributed by atoms with Crippen LogP contribution in [0.25, 0.3) is 11.4 Å². The number of hydrogen-bond donors (Lipinski definition) is 2. The molecule has 0 atom stereocenters. The van der Waals surface area contributed by atoms with Gasteiger partial charge in [-0.3, -0.25) is 14.3 Å². The van der Waals surface area contributed by atoms with Crippen LogP contribution in [0.1, 0.15) is 33.6 Å². The van der Waals surface area contributed by atoms with E-state index in [1.54, 1.807) is 18.5 Å². The molecule has 0 aromatic carbocycles. The molecule has 0 spiro atoms. The van der Waals surface area contributed by atoms with Crippen LogP contribution in [0.3, 0.4) is 0 Å². The molecule has 160 valence electrons. The van der Waals surface area contributed by atoms with E-state index in [9.17, 15) is 14.7 Å². The number of rotatable bonds is 8. The molecule has 0 saturated carbocycles. The monoisotopic (exact) mass is 455 g/mol. The van der Waals surface area contributed by atoms with Gasteiger partial charge in [0.1, 0.15) is 5.00 Å². The Balaban J connectivity index is 1.49. The highest BCUT2D eigenvalue weighted by atomic mass is 32.2. The summed E-state index contributed by atoms with van der Waals surface area (Å²) in [4.78, 5) is 29.6. The number of aromatic nitrogens is 4. The number of carboxylic acids is 1. The number of aryl methyl sites for hydroxylation is 1. The third-order valence-corrected chi connectivity index (χ3v) is 7.09. The average molecular weight is 456 g/mol. The molecule has 2 N–H and O–H groups in total. The van der Waals surface area contributed by atoms with Gasteiger partial charge in [0.05, 0.1) is 11.3 Å². The van der Waals surface area contributed by atoms with E-state index in [0.29, 0.717) is 22.5 Å². The predicted octanol–water partition coefficient (Wildman–Crippen LogP) is 3.90. The van der Waals surface area contributed by atoms with Gasteiger partial charge in [0.2, 0.25) is 5.91 Å². The summed E-state index contributed by atoms with van der Waals surface area (Å²) in [6.45, 7) is 4.27. The SMILES string of the molecule is C=CCn1c(SCC(=O)Nc2sc3c(c2C(=O)O)CCCC3)nnc1-c1cccnc1. The lowest BCUT2D eigenvalue weighted by Crippen LogP contribution is -2.16. The van der Waals surface area contributed by atoms with Gasteiger partial charge in [-0.1, -0.05) is 17.8 Å². The summed E-state index contributed by atoms with van der Waals surface area (Å²) < 4.78 is 1.87. The minimum atomic E-state index is -0.991. The molecule has 3 aromatic heterocycles. The van der Waals surface area contributed by atoms with Crippen LogP contribution in [0, 0.1) is 0 Å². The van der Waals surface area contributed by atoms with Gasteiger partial charge in [0.25, 0.3) is 0 Å². The average Bonchev–Trinajstić information content (AvgIpc) is 3.34. The van der Waals surface area contributed by atoms with Crippen molar-refractivity contribution >= 4 is 40.0 Å². The molecule has 31 heavy (non-hydrogen) atoms. The minimum Gasteiger partial charge on any atom is -0.478 e. The number of carbonyl (C=O) groups excluding carboxylic acids is 1. The van der Waals surface area contributed by atoms with Crippen LogP contribution in [0.15, 0.2) is 42.3 Å². The lowest BCUT2D eigenvalue weighted by atomic mass is 9.95. The largest absolute Gasteiger partial charge is 0.478 e. The van der Waals surface area contributed by atoms with Crippen molar-refractivity contribution in [2.75, 3.05) is 11.1 Å². The van der Waals surface area contributed by atoms with Crippen LogP contribution in [0.4, 0.5) is 5.00 Å². The van der Waals surface area contributed by atoms with Crippen molar-refractivity contribution in [3.8, 4) is 11.4 Å². The van der Waals surface area contributed by atoms with Gasteiger partial charge in [-0.05, 0) is 43.4 Å². The summed E-state index contributed by atoms with van der Waals surface area (Å²) in [7, 11) is 0. The molecular weight excluding hydrogens is 434 g/mol. The second kappa shape index (κ2) is 9.44. The van der Waals surface area contributed by atoms with Gasteiger partial charge in [-0.2, -0.15) is 0 Å². The van der Waals surface area contributed by atoms with E-state index in [-0.39, 0.29) is 17.2 Å². The molecule has 4 rings (SSSR count). The Hall–Kier alpha value is -2.98. The maximum atomic E-state index is 12.6. The first-order valence-electron chi connectivity index (χ1n) is 9.83. The first kappa shape index (κ1) is 21.3. The van der Waals surface area contributed by atoms with Gasteiger partial charge >= 0.3 is 5.97 Å². The normalized spacial score (nSPS) is 12.9. The zero-order valence-electron chi connectivity index (χ0n) is 16.7. The molecule has 8 nitrogen and oxygen atoms in total. The van der Waals surface area contributed by atoms with Gasteiger partial charge in [0.15, 0.2) is 11.0 Å². The molecule has 0 unspecified atom stereocenters. The maximum absolute atomic E-state index is 12.6. The summed E-state index contributed by atoms with van der Waals surface area (Å²) in [5.41, 5.74) is 1.94. The van der Waals surface area contributed by atoms with E-state index < -0.39 is 5.97 Å². The number of pyridine rings is 1. The summed E-state index contributed by atoms with van der Waals surface area (Å²) >= 11 is 2.62. The number of nitrogens with zero attached hydrogens (tertiary/aromatic N) is 4. The molecule has 1 aliphatic carbocycles. The van der Waals surface area contributed by atoms with Crippen LogP contribution >= 0.6 is 23.1 Å². The maximum Gasteiger partial charge on any atom is 0.339 e. The lowest BCUT2D eigenvalue weighted by molar-refractivity contribution is -0.113. The molecular formula is C21H21N5O3S2. The van der Waals surface area contributed by atoms with E-state index >= 15 is 0 Å². The van der Waals surface area contributed by atoms with Gasteiger partial charge < -0.3 is 10.4 Å². The highest BCUT2D eigenvalue weighted by Gasteiger charge is 2.26. The van der Waals surface area contributed by atoms with Gasteiger partial charge in [-0.15, -0.1) is 28.1 Å². The number of amides is 1. The fourth-order valence-electron chi connectivity index (χ4n) is 3.57. The summed E-state index contributed by atoms with van der Waals surface area (Å²) in [5, 5.41) is 21.9. The first-order chi connectivity index (χ1) is 15.1. The number of carboxylic acid groups (broad SMARTS) is 1. The van der Waals surface area contributed by atoms with Crippen LogP contribution in [0.2, 0.25) is 0 Å². The number of aromatic carboxylic acids is 1. The van der Waals surface area contributed by atoms with Crippen molar-refractivity contribution in [3.05, 3.63) is 53.2 Å². The molecule has 3 aromatic rings. The smallest absolute Gasteiger partial charge is 0.339 e. The molecule has 0 fully saturated rings. The van der Waals surface area contributed by atoms with E-state index in [0.717, 1.165) is 41.7 Å². The van der Waals surface area contributed by atoms with Crippen molar-refractivity contribution in [1.29, 1.82) is 0 Å². The number of carbonyl (C=O) groups is 2. The lowest BCUT2D eigenvalue weighted by Gasteiger charge is -2.10. The number of allylic oxidation sites excluding steroid dienone is 1. The van der Waals surface area contributed by atoms with Crippen LogP contribution < -0.4 is 5.32 Å². The number of nitrogens with one attached hydrogen (secondary N) is 1. The molecule has 0 bridgehead atoms. The Bertz CT molecular complexity index is 1120.